The van der Waals surface area contributed by atoms with Gasteiger partial charge in [-0.1, -0.05) is 314 Å². The molecule has 1 amide bonds. The van der Waals surface area contributed by atoms with Crippen LogP contribution in [-0.2, 0) is 18.4 Å². The molecule has 0 radical (unpaired) electrons. The minimum Gasteiger partial charge on any atom is -0.756 e. The fourth-order valence-corrected chi connectivity index (χ4v) is 10.9. The average molecular weight is 1080 g/mol. The summed E-state index contributed by atoms with van der Waals surface area (Å²) in [5.74, 6) is -0.190. The van der Waals surface area contributed by atoms with E-state index in [-0.39, 0.29) is 19.1 Å². The number of aliphatic hydroxyl groups is 1. The van der Waals surface area contributed by atoms with E-state index < -0.39 is 20.0 Å². The summed E-state index contributed by atoms with van der Waals surface area (Å²) in [5.41, 5.74) is 0. The van der Waals surface area contributed by atoms with Crippen LogP contribution in [0.5, 0.6) is 0 Å². The molecule has 0 bridgehead atoms. The second-order valence-corrected chi connectivity index (χ2v) is 25.6. The van der Waals surface area contributed by atoms with Gasteiger partial charge in [0.25, 0.3) is 7.82 Å². The van der Waals surface area contributed by atoms with Crippen LogP contribution in [0.25, 0.3) is 0 Å². The van der Waals surface area contributed by atoms with E-state index in [1.807, 2.05) is 27.2 Å². The summed E-state index contributed by atoms with van der Waals surface area (Å²) in [7, 11) is 1.28. The number of hydrogen-bond donors (Lipinski definition) is 2. The van der Waals surface area contributed by atoms with Crippen molar-refractivity contribution in [3.8, 4) is 0 Å². The van der Waals surface area contributed by atoms with Crippen LogP contribution >= 0.6 is 7.82 Å². The van der Waals surface area contributed by atoms with Gasteiger partial charge < -0.3 is 28.8 Å². The van der Waals surface area contributed by atoms with Gasteiger partial charge in [0, 0.05) is 6.42 Å². The SMILES string of the molecule is CCCCCCCCCCCCCC/C=C\CCCCCCCCCCCCCCCCCCC(=O)NC(COP(=O)([O-])OCC[N+](C)(C)C)C(O)/C=C/CCCCCCCCCCCCCCCCCCCCC. The number of allylic oxidation sites excluding steroid dienone is 3. The van der Waals surface area contributed by atoms with Crippen molar-refractivity contribution in [1.82, 2.24) is 5.32 Å². The summed E-state index contributed by atoms with van der Waals surface area (Å²) in [5, 5.41) is 13.9. The molecule has 2 N–H and O–H groups in total. The molecule has 3 atom stereocenters. The van der Waals surface area contributed by atoms with Crippen LogP contribution in [0.4, 0.5) is 0 Å². The van der Waals surface area contributed by atoms with Gasteiger partial charge in [-0.2, -0.15) is 0 Å². The van der Waals surface area contributed by atoms with E-state index in [1.54, 1.807) is 6.08 Å². The molecule has 0 aromatic rings. The lowest BCUT2D eigenvalue weighted by Crippen LogP contribution is -2.45. The van der Waals surface area contributed by atoms with Crippen LogP contribution < -0.4 is 10.2 Å². The van der Waals surface area contributed by atoms with Gasteiger partial charge in [0.15, 0.2) is 0 Å². The first-order chi connectivity index (χ1) is 36.5. The van der Waals surface area contributed by atoms with E-state index in [1.165, 1.54) is 283 Å². The van der Waals surface area contributed by atoms with Crippen molar-refractivity contribution >= 4 is 13.7 Å². The quantitative estimate of drug-likeness (QED) is 0.0272. The maximum absolute atomic E-state index is 13.0. The third kappa shape index (κ3) is 60.5. The van der Waals surface area contributed by atoms with E-state index in [2.05, 4.69) is 31.3 Å². The van der Waals surface area contributed by atoms with Gasteiger partial charge in [0.1, 0.15) is 13.2 Å². The first-order valence-electron chi connectivity index (χ1n) is 33.2. The molecule has 75 heavy (non-hydrogen) atoms. The van der Waals surface area contributed by atoms with Crippen molar-refractivity contribution in [3.05, 3.63) is 24.3 Å². The number of amides is 1. The van der Waals surface area contributed by atoms with Crippen LogP contribution in [0.3, 0.4) is 0 Å². The lowest BCUT2D eigenvalue weighted by atomic mass is 10.0. The molecule has 0 heterocycles. The number of aliphatic hydroxyl groups excluding tert-OH is 1. The number of rotatable bonds is 62. The highest BCUT2D eigenvalue weighted by atomic mass is 31.2. The Labute approximate surface area is 468 Å². The Hall–Kier alpha value is -1.02. The van der Waals surface area contributed by atoms with E-state index >= 15 is 0 Å². The number of likely N-dealkylation sites (N-methyl/N-ethyl adjacent to an activating group) is 1. The van der Waals surface area contributed by atoms with Crippen LogP contribution in [0.1, 0.15) is 341 Å². The molecule has 0 aromatic heterocycles. The summed E-state index contributed by atoms with van der Waals surface area (Å²) >= 11 is 0. The molecule has 0 aliphatic heterocycles. The summed E-state index contributed by atoms with van der Waals surface area (Å²) in [4.78, 5) is 25.6. The van der Waals surface area contributed by atoms with Gasteiger partial charge in [0.2, 0.25) is 5.91 Å². The number of hydrogen-bond acceptors (Lipinski definition) is 6. The fourth-order valence-electron chi connectivity index (χ4n) is 10.2. The molecule has 0 saturated heterocycles. The zero-order valence-corrected chi connectivity index (χ0v) is 51.9. The fraction of sp³-hybridized carbons (Fsp3) is 0.924. The maximum Gasteiger partial charge on any atom is 0.268 e. The molecule has 0 saturated carbocycles. The normalized spacial score (nSPS) is 13.9. The van der Waals surface area contributed by atoms with Crippen LogP contribution in [-0.4, -0.2) is 68.5 Å². The lowest BCUT2D eigenvalue weighted by Gasteiger charge is -2.29. The smallest absolute Gasteiger partial charge is 0.268 e. The van der Waals surface area contributed by atoms with Crippen molar-refractivity contribution in [2.45, 2.75) is 353 Å². The number of unbranched alkanes of at least 4 members (excludes halogenated alkanes) is 47. The van der Waals surface area contributed by atoms with Gasteiger partial charge in [0.05, 0.1) is 39.9 Å². The standard InChI is InChI=1S/C66H131N2O6P/c1-6-8-10-12-14-16-18-20-22-24-26-28-29-30-31-32-33-34-35-36-37-38-40-42-44-46-48-50-52-54-56-58-60-66(70)67-64(63-74-75(71,72)73-62-61-68(3,4)5)65(69)59-57-55-53-51-49-47-45-43-41-39-27-25-23-21-19-17-15-13-11-9-7-2/h30-31,57,59,64-65,69H,6-29,32-56,58,60-63H2,1-5H3,(H-,67,70,71,72)/b31-30-,59-57+. The summed E-state index contributed by atoms with van der Waals surface area (Å²) in [6, 6.07) is -0.885. The Bertz CT molecular complexity index is 1270. The number of carbonyl (C=O) groups is 1. The molecule has 8 nitrogen and oxygen atoms in total. The van der Waals surface area contributed by atoms with Crippen LogP contribution in [0.2, 0.25) is 0 Å². The van der Waals surface area contributed by atoms with Crippen molar-refractivity contribution in [2.24, 2.45) is 0 Å². The minimum atomic E-state index is -4.60. The first kappa shape index (κ1) is 74.0. The summed E-state index contributed by atoms with van der Waals surface area (Å²) in [6.07, 6.45) is 74.3. The molecule has 0 aliphatic carbocycles. The molecule has 3 unspecified atom stereocenters. The van der Waals surface area contributed by atoms with Crippen LogP contribution in [0, 0.1) is 0 Å². The second-order valence-electron chi connectivity index (χ2n) is 24.2. The molecule has 0 rings (SSSR count). The van der Waals surface area contributed by atoms with E-state index in [9.17, 15) is 19.4 Å². The molecule has 0 fully saturated rings. The molecular weight excluding hydrogens is 948 g/mol. The maximum atomic E-state index is 13.0. The monoisotopic (exact) mass is 1080 g/mol. The Morgan fingerprint density at radius 1 is 0.453 bits per heavy atom. The topological polar surface area (TPSA) is 108 Å². The highest BCUT2D eigenvalue weighted by Gasteiger charge is 2.23. The van der Waals surface area contributed by atoms with Gasteiger partial charge >= 0.3 is 0 Å². The highest BCUT2D eigenvalue weighted by molar-refractivity contribution is 7.45. The van der Waals surface area contributed by atoms with Crippen molar-refractivity contribution in [3.63, 3.8) is 0 Å². The van der Waals surface area contributed by atoms with E-state index in [0.29, 0.717) is 17.4 Å². The molecule has 0 aliphatic rings. The predicted octanol–water partition coefficient (Wildman–Crippen LogP) is 20.1. The molecule has 9 heteroatoms. The number of nitrogens with zero attached hydrogens (tertiary/aromatic N) is 1. The summed E-state index contributed by atoms with van der Waals surface area (Å²) < 4.78 is 23.4. The average Bonchev–Trinajstić information content (AvgIpc) is 3.37. The van der Waals surface area contributed by atoms with E-state index in [4.69, 9.17) is 9.05 Å². The Balaban J connectivity index is 4.04. The summed E-state index contributed by atoms with van der Waals surface area (Å²) in [6.45, 7) is 4.71. The molecule has 0 aromatic carbocycles. The van der Waals surface area contributed by atoms with Gasteiger partial charge in [-0.15, -0.1) is 0 Å². The second kappa shape index (κ2) is 57.7. The molecule has 446 valence electrons. The third-order valence-corrected chi connectivity index (χ3v) is 16.4. The molecule has 0 spiro atoms. The number of phosphoric acid groups is 1. The van der Waals surface area contributed by atoms with Gasteiger partial charge in [-0.3, -0.25) is 9.36 Å². The number of nitrogens with one attached hydrogen (secondary N) is 1. The van der Waals surface area contributed by atoms with Crippen molar-refractivity contribution < 1.29 is 32.9 Å². The third-order valence-electron chi connectivity index (χ3n) is 15.4. The Morgan fingerprint density at radius 3 is 1.04 bits per heavy atom. The number of carbonyl (C=O) groups excluding carboxylic acids is 1. The number of quaternary nitrogens is 1. The highest BCUT2D eigenvalue weighted by Crippen LogP contribution is 2.38. The van der Waals surface area contributed by atoms with Gasteiger partial charge in [-0.05, 0) is 44.9 Å². The zero-order valence-electron chi connectivity index (χ0n) is 51.0. The lowest BCUT2D eigenvalue weighted by molar-refractivity contribution is -0.870. The Kier molecular flexibility index (Phi) is 56.9. The van der Waals surface area contributed by atoms with Crippen molar-refractivity contribution in [2.75, 3.05) is 40.9 Å². The van der Waals surface area contributed by atoms with E-state index in [0.717, 1.165) is 38.5 Å². The number of phosphoric ester groups is 1. The van der Waals surface area contributed by atoms with Crippen molar-refractivity contribution in [1.29, 1.82) is 0 Å². The first-order valence-corrected chi connectivity index (χ1v) is 34.7. The largest absolute Gasteiger partial charge is 0.756 e. The Morgan fingerprint density at radius 2 is 0.733 bits per heavy atom. The van der Waals surface area contributed by atoms with Gasteiger partial charge in [-0.25, -0.2) is 0 Å². The zero-order chi connectivity index (χ0) is 54.9. The minimum absolute atomic E-state index is 0.00157. The molecular formula is C66H131N2O6P. The van der Waals surface area contributed by atoms with Crippen LogP contribution in [0.15, 0.2) is 24.3 Å². The predicted molar refractivity (Wildman–Crippen MR) is 325 cm³/mol.